The van der Waals surface area contributed by atoms with Crippen LogP contribution in [0.3, 0.4) is 0 Å². The number of carbonyl (C=O) groups excluding carboxylic acids is 1. The Morgan fingerprint density at radius 1 is 1.50 bits per heavy atom. The number of hydrogen-bond acceptors (Lipinski definition) is 2. The number of hydrogen-bond donors (Lipinski definition) is 0. The third-order valence-electron chi connectivity index (χ3n) is 0.402. The van der Waals surface area contributed by atoms with Crippen LogP contribution in [0.2, 0.25) is 0 Å². The first kappa shape index (κ1) is 10.8. The van der Waals surface area contributed by atoms with E-state index in [1.807, 2.05) is 13.8 Å². The zero-order valence-corrected chi connectivity index (χ0v) is 7.02. The van der Waals surface area contributed by atoms with Gasteiger partial charge in [0.15, 0.2) is 0 Å². The van der Waals surface area contributed by atoms with Crippen LogP contribution in [0.25, 0.3) is 0 Å². The van der Waals surface area contributed by atoms with E-state index >= 15 is 0 Å². The summed E-state index contributed by atoms with van der Waals surface area (Å²) in [5.41, 5.74) is 0. The van der Waals surface area contributed by atoms with Gasteiger partial charge in [0.05, 0.1) is 6.10 Å². The maximum Gasteiger partial charge on any atom is 0.302 e. The molecule has 0 heterocycles. The van der Waals surface area contributed by atoms with Gasteiger partial charge in [-0.2, -0.15) is 9.90 Å². The Morgan fingerprint density at radius 3 is 1.88 bits per heavy atom. The van der Waals surface area contributed by atoms with Gasteiger partial charge in [-0.25, -0.2) is 0 Å². The molecule has 0 saturated heterocycles. The van der Waals surface area contributed by atoms with Gasteiger partial charge >= 0.3 is 5.97 Å². The Labute approximate surface area is 53.2 Å². The molecule has 1 atom stereocenters. The summed E-state index contributed by atoms with van der Waals surface area (Å²) in [6.45, 7) is 5.04. The molecule has 8 heavy (non-hydrogen) atoms. The Morgan fingerprint density at radius 2 is 1.88 bits per heavy atom. The summed E-state index contributed by atoms with van der Waals surface area (Å²) in [4.78, 5) is 10.0. The smallest absolute Gasteiger partial charge is 0.302 e. The second-order valence-corrected chi connectivity index (χ2v) is 1.66. The lowest BCUT2D eigenvalue weighted by molar-refractivity contribution is -0.144. The third-order valence-corrected chi connectivity index (χ3v) is 0.402. The molecule has 2 nitrogen and oxygen atoms in total. The average Bonchev–Trinajstić information content (AvgIpc) is 1.27. The summed E-state index contributed by atoms with van der Waals surface area (Å²) in [5, 5.41) is 0. The molecule has 0 aliphatic carbocycles. The van der Waals surface area contributed by atoms with E-state index in [1.165, 1.54) is 6.92 Å². The van der Waals surface area contributed by atoms with Gasteiger partial charge < -0.3 is 4.74 Å². The predicted octanol–water partition coefficient (Wildman–Crippen LogP) is 1.02. The second kappa shape index (κ2) is 5.04. The third kappa shape index (κ3) is 9.31. The van der Waals surface area contributed by atoms with Crippen LogP contribution < -0.4 is 0 Å². The van der Waals surface area contributed by atoms with E-state index in [-0.39, 0.29) is 22.0 Å². The second-order valence-electron chi connectivity index (χ2n) is 1.66. The summed E-state index contributed by atoms with van der Waals surface area (Å²) in [5.74, 6) is -0.213. The molecule has 1 unspecified atom stereocenters. The fraction of sp³-hybridized carbons (Fsp3) is 0.800. The van der Waals surface area contributed by atoms with E-state index in [0.717, 1.165) is 0 Å². The van der Waals surface area contributed by atoms with Gasteiger partial charge in [-0.1, -0.05) is 0 Å². The minimum Gasteiger partial charge on any atom is -0.463 e. The topological polar surface area (TPSA) is 26.3 Å². The summed E-state index contributed by atoms with van der Waals surface area (Å²) in [6.07, 6.45) is 0.0255. The molecular weight excluding hydrogens is 123 g/mol. The normalized spacial score (nSPS) is 8.00. The highest BCUT2D eigenvalue weighted by atomic mass is 31.0. The van der Waals surface area contributed by atoms with Crippen LogP contribution in [0, 0.1) is 0 Å². The van der Waals surface area contributed by atoms with Gasteiger partial charge in [0, 0.05) is 6.92 Å². The van der Waals surface area contributed by atoms with E-state index in [9.17, 15) is 4.79 Å². The summed E-state index contributed by atoms with van der Waals surface area (Å²) >= 11 is 0. The molecule has 3 heteroatoms. The first-order valence-corrected chi connectivity index (χ1v) is 2.30. The first-order valence-electron chi connectivity index (χ1n) is 2.30. The van der Waals surface area contributed by atoms with Gasteiger partial charge in [-0.3, -0.25) is 4.79 Å². The molecule has 0 N–H and O–H groups in total. The molecule has 0 rings (SSSR count). The van der Waals surface area contributed by atoms with E-state index in [1.54, 1.807) is 0 Å². The lowest BCUT2D eigenvalue weighted by Crippen LogP contribution is -2.06. The van der Waals surface area contributed by atoms with E-state index in [2.05, 4.69) is 4.74 Å². The molecule has 0 spiro atoms. The van der Waals surface area contributed by atoms with Gasteiger partial charge in [0.25, 0.3) is 0 Å². The molecule has 0 aromatic carbocycles. The SMILES string of the molecule is CC(=O)OC(C)C.P. The van der Waals surface area contributed by atoms with Crippen molar-refractivity contribution in [2.75, 3.05) is 0 Å². The molecule has 0 bridgehead atoms. The summed E-state index contributed by atoms with van der Waals surface area (Å²) in [7, 11) is 0. The number of rotatable bonds is 1. The van der Waals surface area contributed by atoms with Crippen molar-refractivity contribution in [3.63, 3.8) is 0 Å². The maximum atomic E-state index is 10.0. The van der Waals surface area contributed by atoms with Crippen LogP contribution in [0.15, 0.2) is 0 Å². The Hall–Kier alpha value is -0.100. The molecule has 0 aromatic heterocycles. The number of ether oxygens (including phenoxy) is 1. The minimum atomic E-state index is -0.213. The molecule has 0 radical (unpaired) electrons. The standard InChI is InChI=1S/C5H10O2.H3P/c1-4(2)7-5(3)6;/h4H,1-3H3;1H3. The lowest BCUT2D eigenvalue weighted by atomic mass is 10.5. The van der Waals surface area contributed by atoms with Crippen molar-refractivity contribution in [2.24, 2.45) is 0 Å². The highest BCUT2D eigenvalue weighted by Gasteiger charge is 1.93. The molecule has 0 aliphatic rings. The fourth-order valence-corrected chi connectivity index (χ4v) is 0.332. The van der Waals surface area contributed by atoms with Crippen LogP contribution in [-0.2, 0) is 9.53 Å². The Kier molecular flexibility index (Phi) is 6.81. The van der Waals surface area contributed by atoms with E-state index < -0.39 is 0 Å². The van der Waals surface area contributed by atoms with Crippen LogP contribution >= 0.6 is 9.90 Å². The zero-order chi connectivity index (χ0) is 5.86. The van der Waals surface area contributed by atoms with Crippen molar-refractivity contribution < 1.29 is 9.53 Å². The van der Waals surface area contributed by atoms with Crippen LogP contribution in [0.1, 0.15) is 20.8 Å². The molecular formula is C5H13O2P. The van der Waals surface area contributed by atoms with Crippen LogP contribution in [0.4, 0.5) is 0 Å². The van der Waals surface area contributed by atoms with Crippen LogP contribution in [-0.4, -0.2) is 12.1 Å². The molecule has 0 saturated carbocycles. The molecule has 0 aliphatic heterocycles. The molecule has 0 aromatic rings. The number of carbonyl (C=O) groups is 1. The van der Waals surface area contributed by atoms with Gasteiger partial charge in [-0.05, 0) is 13.8 Å². The minimum absolute atomic E-state index is 0. The van der Waals surface area contributed by atoms with Gasteiger partial charge in [0.1, 0.15) is 0 Å². The number of esters is 1. The largest absolute Gasteiger partial charge is 0.463 e. The zero-order valence-electron chi connectivity index (χ0n) is 5.60. The molecule has 50 valence electrons. The van der Waals surface area contributed by atoms with E-state index in [4.69, 9.17) is 0 Å². The quantitative estimate of drug-likeness (QED) is 0.397. The van der Waals surface area contributed by atoms with Crippen LogP contribution in [0.5, 0.6) is 0 Å². The fourth-order valence-electron chi connectivity index (χ4n) is 0.332. The van der Waals surface area contributed by atoms with Gasteiger partial charge in [-0.15, -0.1) is 0 Å². The van der Waals surface area contributed by atoms with Crippen molar-refractivity contribution in [3.05, 3.63) is 0 Å². The van der Waals surface area contributed by atoms with Crippen molar-refractivity contribution >= 4 is 15.9 Å². The lowest BCUT2D eigenvalue weighted by Gasteiger charge is -2.01. The summed E-state index contributed by atoms with van der Waals surface area (Å²) in [6, 6.07) is 0. The van der Waals surface area contributed by atoms with Crippen molar-refractivity contribution in [2.45, 2.75) is 26.9 Å². The maximum absolute atomic E-state index is 10.0. The Bertz CT molecular complexity index is 70.8. The first-order chi connectivity index (χ1) is 3.13. The highest BCUT2D eigenvalue weighted by Crippen LogP contribution is 1.85. The van der Waals surface area contributed by atoms with Crippen molar-refractivity contribution in [1.29, 1.82) is 0 Å². The summed E-state index contributed by atoms with van der Waals surface area (Å²) < 4.78 is 4.61. The Balaban J connectivity index is 0. The van der Waals surface area contributed by atoms with Crippen molar-refractivity contribution in [3.8, 4) is 0 Å². The molecule has 0 fully saturated rings. The monoisotopic (exact) mass is 136 g/mol. The van der Waals surface area contributed by atoms with E-state index in [0.29, 0.717) is 0 Å². The highest BCUT2D eigenvalue weighted by molar-refractivity contribution is 6.92. The predicted molar refractivity (Wildman–Crippen MR) is 38.0 cm³/mol. The average molecular weight is 136 g/mol. The van der Waals surface area contributed by atoms with Crippen molar-refractivity contribution in [1.82, 2.24) is 0 Å². The molecule has 0 amide bonds. The van der Waals surface area contributed by atoms with Gasteiger partial charge in [0.2, 0.25) is 0 Å².